The van der Waals surface area contributed by atoms with Crippen LogP contribution in [0, 0.1) is 6.92 Å². The molecule has 0 saturated carbocycles. The zero-order valence-corrected chi connectivity index (χ0v) is 15.4. The third-order valence-electron chi connectivity index (χ3n) is 2.62. The summed E-state index contributed by atoms with van der Waals surface area (Å²) in [5.41, 5.74) is 0.441. The molecule has 8 heteroatoms. The lowest BCUT2D eigenvalue weighted by molar-refractivity contribution is 0.481. The number of hydrogen-bond donors (Lipinski definition) is 2. The van der Waals surface area contributed by atoms with E-state index in [9.17, 15) is 16.8 Å². The molecule has 0 aliphatic rings. The Kier molecular flexibility index (Phi) is 7.85. The quantitative estimate of drug-likeness (QED) is 0.789. The summed E-state index contributed by atoms with van der Waals surface area (Å²) in [7, 11) is -8.98. The Morgan fingerprint density at radius 2 is 1.22 bits per heavy atom. The van der Waals surface area contributed by atoms with Crippen molar-refractivity contribution in [2.24, 2.45) is 0 Å². The van der Waals surface area contributed by atoms with Gasteiger partial charge in [0.05, 0.1) is 0 Å². The highest BCUT2D eigenvalue weighted by atomic mass is 32.2. The molecule has 0 spiro atoms. The van der Waals surface area contributed by atoms with E-state index in [4.69, 9.17) is 9.11 Å². The Bertz CT molecular complexity index is 868. The van der Waals surface area contributed by atoms with Gasteiger partial charge in [0.25, 0.3) is 20.2 Å². The third-order valence-corrected chi connectivity index (χ3v) is 4.42. The fourth-order valence-corrected chi connectivity index (χ4v) is 3.39. The maximum absolute atomic E-state index is 11.3. The smallest absolute Gasteiger partial charge is 0.282 e. The van der Waals surface area contributed by atoms with E-state index < -0.39 is 30.0 Å². The molecule has 0 unspecified atom stereocenters. The van der Waals surface area contributed by atoms with E-state index in [1.54, 1.807) is 6.92 Å². The highest BCUT2D eigenvalue weighted by molar-refractivity contribution is 7.86. The van der Waals surface area contributed by atoms with Gasteiger partial charge in [-0.15, -0.1) is 0 Å². The molecular formula is C15H22O6S2. The fraction of sp³-hybridized carbons (Fsp3) is 0.333. The van der Waals surface area contributed by atoms with Crippen LogP contribution in [-0.2, 0) is 20.2 Å². The van der Waals surface area contributed by atoms with Crippen LogP contribution in [-0.4, -0.2) is 25.9 Å². The number of benzene rings is 2. The second kappa shape index (κ2) is 8.39. The van der Waals surface area contributed by atoms with E-state index >= 15 is 0 Å². The van der Waals surface area contributed by atoms with E-state index in [0.29, 0.717) is 5.56 Å². The molecule has 0 atom stereocenters. The van der Waals surface area contributed by atoms with Gasteiger partial charge in [-0.05, 0) is 30.7 Å². The normalized spacial score (nSPS) is 11.1. The number of fused-ring (bicyclic) bond motifs is 1. The molecule has 0 radical (unpaired) electrons. The number of hydrogen-bond acceptors (Lipinski definition) is 4. The monoisotopic (exact) mass is 362 g/mol. The highest BCUT2D eigenvalue weighted by Crippen LogP contribution is 2.29. The summed E-state index contributed by atoms with van der Waals surface area (Å²) in [5, 5.41) is 0.0702. The van der Waals surface area contributed by atoms with Crippen molar-refractivity contribution < 1.29 is 25.9 Å². The lowest BCUT2D eigenvalue weighted by Crippen LogP contribution is -2.03. The minimum atomic E-state index is -4.49. The second-order valence-corrected chi connectivity index (χ2v) is 6.84. The summed E-state index contributed by atoms with van der Waals surface area (Å²) in [4.78, 5) is -0.799. The van der Waals surface area contributed by atoms with E-state index in [-0.39, 0.29) is 10.8 Å². The van der Waals surface area contributed by atoms with Crippen molar-refractivity contribution in [3.8, 4) is 0 Å². The van der Waals surface area contributed by atoms with Crippen LogP contribution in [0.4, 0.5) is 0 Å². The van der Waals surface area contributed by atoms with Crippen LogP contribution in [0.2, 0.25) is 0 Å². The summed E-state index contributed by atoms with van der Waals surface area (Å²) in [6.45, 7) is 9.55. The number of rotatable bonds is 2. The topological polar surface area (TPSA) is 109 Å². The van der Waals surface area contributed by atoms with Gasteiger partial charge >= 0.3 is 0 Å². The molecule has 0 fully saturated rings. The van der Waals surface area contributed by atoms with Crippen LogP contribution in [0.15, 0.2) is 40.1 Å². The van der Waals surface area contributed by atoms with Crippen molar-refractivity contribution in [3.05, 3.63) is 35.9 Å². The zero-order chi connectivity index (χ0) is 18.4. The van der Waals surface area contributed by atoms with Crippen LogP contribution in [0.1, 0.15) is 33.3 Å². The Morgan fingerprint density at radius 3 is 1.65 bits per heavy atom. The van der Waals surface area contributed by atoms with Crippen molar-refractivity contribution in [3.63, 3.8) is 0 Å². The predicted molar refractivity (Wildman–Crippen MR) is 91.0 cm³/mol. The van der Waals surface area contributed by atoms with Gasteiger partial charge < -0.3 is 0 Å². The first-order valence-corrected chi connectivity index (χ1v) is 9.97. The first kappa shape index (κ1) is 21.5. The molecule has 0 bridgehead atoms. The summed E-state index contributed by atoms with van der Waals surface area (Å²) >= 11 is 0. The van der Waals surface area contributed by atoms with E-state index in [1.165, 1.54) is 24.3 Å². The molecule has 2 aromatic rings. The fourth-order valence-electron chi connectivity index (χ4n) is 1.90. The predicted octanol–water partition coefficient (Wildman–Crippen LogP) is 3.69. The van der Waals surface area contributed by atoms with Gasteiger partial charge in [-0.3, -0.25) is 9.11 Å². The molecule has 0 saturated heterocycles. The molecular weight excluding hydrogens is 340 g/mol. The van der Waals surface area contributed by atoms with Crippen molar-refractivity contribution in [2.45, 2.75) is 44.4 Å². The summed E-state index contributed by atoms with van der Waals surface area (Å²) < 4.78 is 63.4. The highest BCUT2D eigenvalue weighted by Gasteiger charge is 2.20. The van der Waals surface area contributed by atoms with Crippen LogP contribution in [0.3, 0.4) is 0 Å². The van der Waals surface area contributed by atoms with Gasteiger partial charge in [0.15, 0.2) is 0 Å². The molecule has 0 heterocycles. The van der Waals surface area contributed by atoms with Crippen LogP contribution < -0.4 is 0 Å². The molecule has 0 amide bonds. The van der Waals surface area contributed by atoms with Crippen molar-refractivity contribution in [1.29, 1.82) is 0 Å². The molecule has 2 rings (SSSR count). The van der Waals surface area contributed by atoms with Gasteiger partial charge in [0, 0.05) is 10.8 Å². The van der Waals surface area contributed by atoms with E-state index in [2.05, 4.69) is 0 Å². The van der Waals surface area contributed by atoms with E-state index in [1.807, 2.05) is 27.7 Å². The minimum absolute atomic E-state index is 0.0308. The minimum Gasteiger partial charge on any atom is -0.282 e. The Hall–Kier alpha value is -1.48. The van der Waals surface area contributed by atoms with Crippen LogP contribution in [0.5, 0.6) is 0 Å². The van der Waals surface area contributed by atoms with Crippen LogP contribution in [0.25, 0.3) is 10.8 Å². The van der Waals surface area contributed by atoms with Crippen molar-refractivity contribution in [1.82, 2.24) is 0 Å². The van der Waals surface area contributed by atoms with Gasteiger partial charge in [0.1, 0.15) is 9.79 Å². The zero-order valence-electron chi connectivity index (χ0n) is 13.7. The molecule has 6 nitrogen and oxygen atoms in total. The van der Waals surface area contributed by atoms with Crippen molar-refractivity contribution in [2.75, 3.05) is 0 Å². The summed E-state index contributed by atoms with van der Waals surface area (Å²) in [6.07, 6.45) is 0. The molecule has 0 aromatic heterocycles. The largest absolute Gasteiger partial charge is 0.295 e. The van der Waals surface area contributed by atoms with Gasteiger partial charge in [-0.2, -0.15) is 16.8 Å². The number of aryl methyl sites for hydroxylation is 1. The lowest BCUT2D eigenvalue weighted by Gasteiger charge is -2.08. The molecule has 2 aromatic carbocycles. The summed E-state index contributed by atoms with van der Waals surface area (Å²) in [5.74, 6) is 0. The van der Waals surface area contributed by atoms with Crippen LogP contribution >= 0.6 is 0 Å². The Balaban J connectivity index is 0.00000112. The first-order valence-electron chi connectivity index (χ1n) is 7.09. The van der Waals surface area contributed by atoms with Gasteiger partial charge in [-0.1, -0.05) is 39.8 Å². The average Bonchev–Trinajstić information content (AvgIpc) is 2.48. The van der Waals surface area contributed by atoms with Crippen molar-refractivity contribution >= 4 is 31.0 Å². The maximum atomic E-state index is 11.3. The maximum Gasteiger partial charge on any atom is 0.295 e. The summed E-state index contributed by atoms with van der Waals surface area (Å²) in [6, 6.07) is 6.45. The molecule has 0 aliphatic carbocycles. The van der Waals surface area contributed by atoms with Gasteiger partial charge in [-0.25, -0.2) is 0 Å². The van der Waals surface area contributed by atoms with Gasteiger partial charge in [0.2, 0.25) is 0 Å². The molecule has 130 valence electrons. The second-order valence-electron chi connectivity index (χ2n) is 4.06. The first-order chi connectivity index (χ1) is 10.6. The Labute approximate surface area is 137 Å². The average molecular weight is 362 g/mol. The SMILES string of the molecule is CC.CC.Cc1cc(S(=O)(=O)O)c2cccc(S(=O)(=O)O)c2c1. The lowest BCUT2D eigenvalue weighted by atomic mass is 10.1. The Morgan fingerprint density at radius 1 is 0.739 bits per heavy atom. The van der Waals surface area contributed by atoms with E-state index in [0.717, 1.165) is 6.07 Å². The molecule has 0 aliphatic heterocycles. The standard InChI is InChI=1S/C11H10O6S2.2C2H6/c1-7-5-9-8(11(6-7)19(15,16)17)3-2-4-10(9)18(12,13)14;2*1-2/h2-6H,1H3,(H,12,13,14)(H,15,16,17);2*1-2H3. The molecule has 2 N–H and O–H groups in total. The third kappa shape index (κ3) is 5.28. The molecule has 23 heavy (non-hydrogen) atoms.